The Bertz CT molecular complexity index is 3560. The zero-order chi connectivity index (χ0) is 48.8. The quantitative estimate of drug-likeness (QED) is 0.159. The van der Waals surface area contributed by atoms with E-state index in [4.69, 9.17) is 0 Å². The summed E-state index contributed by atoms with van der Waals surface area (Å²) in [6.45, 7) is 22.1. The molecule has 0 radical (unpaired) electrons. The summed E-state index contributed by atoms with van der Waals surface area (Å²) in [6.07, 6.45) is 4.74. The molecule has 0 bridgehead atoms. The van der Waals surface area contributed by atoms with Crippen molar-refractivity contribution < 1.29 is 0 Å². The summed E-state index contributed by atoms with van der Waals surface area (Å²) in [4.78, 5) is 5.33. The maximum absolute atomic E-state index is 2.70. The van der Waals surface area contributed by atoms with Gasteiger partial charge in [0.25, 0.3) is 6.71 Å². The molecule has 0 N–H and O–H groups in total. The number of hydrogen-bond donors (Lipinski definition) is 0. The van der Waals surface area contributed by atoms with Crippen LogP contribution in [-0.4, -0.2) is 6.71 Å². The molecule has 2 aliphatic heterocycles. The van der Waals surface area contributed by atoms with Crippen LogP contribution in [0.1, 0.15) is 109 Å². The van der Waals surface area contributed by atoms with E-state index in [0.717, 1.165) is 5.69 Å². The Balaban J connectivity index is 1.15. The van der Waals surface area contributed by atoms with Gasteiger partial charge in [0.15, 0.2) is 0 Å². The second-order valence-corrected chi connectivity index (χ2v) is 25.0. The highest BCUT2D eigenvalue weighted by atomic mass is 32.1. The molecule has 2 nitrogen and oxygen atoms in total. The summed E-state index contributed by atoms with van der Waals surface area (Å²) in [5.74, 6) is 0. The highest BCUT2D eigenvalue weighted by Crippen LogP contribution is 2.54. The molecular weight excluding hydrogens is 876 g/mol. The van der Waals surface area contributed by atoms with Gasteiger partial charge in [0.1, 0.15) is 0 Å². The Kier molecular flexibility index (Phi) is 9.80. The Morgan fingerprint density at radius 2 is 0.901 bits per heavy atom. The highest BCUT2D eigenvalue weighted by molar-refractivity contribution is 7.26. The van der Waals surface area contributed by atoms with Crippen molar-refractivity contribution in [2.45, 2.75) is 110 Å². The number of aryl methyl sites for hydroxylation is 1. The number of benzene rings is 8. The second kappa shape index (κ2) is 15.7. The molecule has 0 atom stereocenters. The van der Waals surface area contributed by atoms with Crippen molar-refractivity contribution in [3.8, 4) is 33.4 Å². The van der Waals surface area contributed by atoms with Crippen LogP contribution in [0.2, 0.25) is 0 Å². The molecule has 350 valence electrons. The van der Waals surface area contributed by atoms with Crippen LogP contribution in [0.3, 0.4) is 0 Å². The molecule has 4 aliphatic rings. The Labute approximate surface area is 426 Å². The Hall–Kier alpha value is -6.62. The molecule has 0 fully saturated rings. The summed E-state index contributed by atoms with van der Waals surface area (Å²) in [5, 5.41) is 2.76. The van der Waals surface area contributed by atoms with E-state index in [1.807, 2.05) is 11.3 Å². The number of nitrogens with zero attached hydrogens (tertiary/aromatic N) is 2. The molecule has 1 aromatic heterocycles. The fourth-order valence-corrected chi connectivity index (χ4v) is 14.4. The average molecular weight is 939 g/mol. The number of thiophene rings is 1. The standard InChI is InChI=1S/C67H63BN2S/c1-42-33-58-62-59(34-42)70(49-26-27-52-53(39-49)65(4,5)30-29-64(52,2)3)63-61(51-40-54-55(41-60(51)71-63)67(8,9)32-31-66(54,6)7)68(62)56-28-25-46(43-19-13-10-14-20-43)38-57(56)69(58)50-36-47(44-21-15-11-16-22-44)35-48(37-50)45-23-17-12-18-24-45/h10-28,33-41H,29-32H2,1-9H3. The minimum Gasteiger partial charge on any atom is -0.311 e. The van der Waals surface area contributed by atoms with Crippen LogP contribution in [0, 0.1) is 6.92 Å². The van der Waals surface area contributed by atoms with Gasteiger partial charge in [-0.3, -0.25) is 0 Å². The molecule has 8 aromatic carbocycles. The van der Waals surface area contributed by atoms with Crippen LogP contribution < -0.4 is 26.2 Å². The molecule has 0 spiro atoms. The molecule has 9 aromatic rings. The third kappa shape index (κ3) is 6.95. The van der Waals surface area contributed by atoms with Gasteiger partial charge in [-0.25, -0.2) is 0 Å². The molecular formula is C67H63BN2S. The topological polar surface area (TPSA) is 6.48 Å². The first-order valence-electron chi connectivity index (χ1n) is 26.0. The number of rotatable bonds is 5. The molecule has 0 unspecified atom stereocenters. The van der Waals surface area contributed by atoms with Crippen LogP contribution in [0.5, 0.6) is 0 Å². The van der Waals surface area contributed by atoms with Crippen LogP contribution in [0.15, 0.2) is 170 Å². The van der Waals surface area contributed by atoms with Gasteiger partial charge in [-0.2, -0.15) is 0 Å². The first kappa shape index (κ1) is 44.3. The number of hydrogen-bond acceptors (Lipinski definition) is 3. The van der Waals surface area contributed by atoms with Crippen molar-refractivity contribution in [2.75, 3.05) is 9.80 Å². The smallest absolute Gasteiger partial charge is 0.254 e. The second-order valence-electron chi connectivity index (χ2n) is 23.9. The monoisotopic (exact) mass is 938 g/mol. The van der Waals surface area contributed by atoms with Crippen LogP contribution in [-0.2, 0) is 21.7 Å². The molecule has 4 heteroatoms. The minimum atomic E-state index is 0.00772. The predicted octanol–water partition coefficient (Wildman–Crippen LogP) is 17.0. The maximum atomic E-state index is 2.70. The van der Waals surface area contributed by atoms with Crippen molar-refractivity contribution >= 4 is 78.0 Å². The van der Waals surface area contributed by atoms with Crippen LogP contribution >= 0.6 is 11.3 Å². The van der Waals surface area contributed by atoms with Crippen molar-refractivity contribution in [3.63, 3.8) is 0 Å². The highest BCUT2D eigenvalue weighted by Gasteiger charge is 2.47. The lowest BCUT2D eigenvalue weighted by molar-refractivity contribution is 0.332. The summed E-state index contributed by atoms with van der Waals surface area (Å²) >= 11 is 2.02. The van der Waals surface area contributed by atoms with Gasteiger partial charge in [-0.15, -0.1) is 11.3 Å². The lowest BCUT2D eigenvalue weighted by Crippen LogP contribution is -2.61. The van der Waals surface area contributed by atoms with E-state index >= 15 is 0 Å². The van der Waals surface area contributed by atoms with Gasteiger partial charge in [0, 0.05) is 33.1 Å². The summed E-state index contributed by atoms with van der Waals surface area (Å²) in [7, 11) is 0. The van der Waals surface area contributed by atoms with Crippen LogP contribution in [0.25, 0.3) is 43.5 Å². The van der Waals surface area contributed by atoms with E-state index in [1.54, 1.807) is 0 Å². The van der Waals surface area contributed by atoms with Gasteiger partial charge in [-0.05, 0) is 198 Å². The average Bonchev–Trinajstić information content (AvgIpc) is 3.75. The van der Waals surface area contributed by atoms with E-state index in [2.05, 4.69) is 242 Å². The lowest BCUT2D eigenvalue weighted by Gasteiger charge is -2.45. The molecule has 13 rings (SSSR count). The zero-order valence-electron chi connectivity index (χ0n) is 42.9. The third-order valence-electron chi connectivity index (χ3n) is 17.4. The van der Waals surface area contributed by atoms with Crippen LogP contribution in [0.4, 0.5) is 33.4 Å². The molecule has 71 heavy (non-hydrogen) atoms. The van der Waals surface area contributed by atoms with Crippen molar-refractivity contribution in [3.05, 3.63) is 198 Å². The normalized spacial score (nSPS) is 17.5. The van der Waals surface area contributed by atoms with E-state index < -0.39 is 0 Å². The van der Waals surface area contributed by atoms with Gasteiger partial charge in [0.05, 0.1) is 5.00 Å². The molecule has 2 aliphatic carbocycles. The molecule has 0 saturated heterocycles. The molecule has 0 saturated carbocycles. The molecule has 0 amide bonds. The summed E-state index contributed by atoms with van der Waals surface area (Å²) in [6, 6.07) is 65.3. The van der Waals surface area contributed by atoms with Crippen molar-refractivity contribution in [2.24, 2.45) is 0 Å². The summed E-state index contributed by atoms with van der Waals surface area (Å²) < 4.78 is 1.39. The first-order chi connectivity index (χ1) is 34.1. The van der Waals surface area contributed by atoms with Crippen molar-refractivity contribution in [1.29, 1.82) is 0 Å². The predicted molar refractivity (Wildman–Crippen MR) is 307 cm³/mol. The van der Waals surface area contributed by atoms with Gasteiger partial charge in [-0.1, -0.05) is 165 Å². The number of anilines is 6. The number of fused-ring (bicyclic) bond motifs is 8. The Morgan fingerprint density at radius 1 is 0.394 bits per heavy atom. The maximum Gasteiger partial charge on any atom is 0.254 e. The zero-order valence-corrected chi connectivity index (χ0v) is 43.7. The van der Waals surface area contributed by atoms with Gasteiger partial charge < -0.3 is 9.80 Å². The van der Waals surface area contributed by atoms with E-state index in [-0.39, 0.29) is 28.4 Å². The van der Waals surface area contributed by atoms with E-state index in [0.29, 0.717) is 0 Å². The minimum absolute atomic E-state index is 0.00772. The van der Waals surface area contributed by atoms with Gasteiger partial charge in [0.2, 0.25) is 0 Å². The fraction of sp³-hybridized carbons (Fsp3) is 0.254. The first-order valence-corrected chi connectivity index (χ1v) is 26.8. The Morgan fingerprint density at radius 3 is 1.48 bits per heavy atom. The largest absolute Gasteiger partial charge is 0.311 e. The van der Waals surface area contributed by atoms with E-state index in [1.165, 1.54) is 141 Å². The third-order valence-corrected chi connectivity index (χ3v) is 18.6. The lowest BCUT2D eigenvalue weighted by atomic mass is 9.33. The molecule has 3 heterocycles. The fourth-order valence-electron chi connectivity index (χ4n) is 13.1. The van der Waals surface area contributed by atoms with Gasteiger partial charge >= 0.3 is 0 Å². The summed E-state index contributed by atoms with van der Waals surface area (Å²) in [5.41, 5.74) is 25.3. The SMILES string of the molecule is Cc1cc2c3c(c1)N(c1ccc4c(c1)C(C)(C)CCC4(C)C)c1sc4cc5c(cc4c1B3c1ccc(-c3ccccc3)cc1N2c1cc(-c2ccccc2)cc(-c2ccccc2)c1)C(C)(C)CCC5(C)C. The van der Waals surface area contributed by atoms with Crippen molar-refractivity contribution in [1.82, 2.24) is 0 Å². The van der Waals surface area contributed by atoms with E-state index in [9.17, 15) is 0 Å².